The highest BCUT2D eigenvalue weighted by molar-refractivity contribution is 14.1. The maximum Gasteiger partial charge on any atom is 0.0800 e. The molecule has 1 atom stereocenters. The smallest absolute Gasteiger partial charge is 0.0800 e. The van der Waals surface area contributed by atoms with E-state index in [9.17, 15) is 5.11 Å². The van der Waals surface area contributed by atoms with E-state index in [-0.39, 0.29) is 11.5 Å². The highest BCUT2D eigenvalue weighted by Gasteiger charge is 2.16. The Morgan fingerprint density at radius 3 is 2.50 bits per heavy atom. The monoisotopic (exact) mass is 332 g/mol. The quantitative estimate of drug-likeness (QED) is 0.811. The molecule has 2 heteroatoms. The molecule has 0 heterocycles. The Labute approximate surface area is 112 Å². The Hall–Kier alpha value is -0.0900. The van der Waals surface area contributed by atoms with Crippen LogP contribution >= 0.6 is 22.6 Å². The Morgan fingerprint density at radius 1 is 1.31 bits per heavy atom. The first-order valence-electron chi connectivity index (χ1n) is 5.74. The lowest BCUT2D eigenvalue weighted by molar-refractivity contribution is 0.147. The molecule has 90 valence electrons. The van der Waals surface area contributed by atoms with E-state index < -0.39 is 0 Å². The summed E-state index contributed by atoms with van der Waals surface area (Å²) in [6.07, 6.45) is 1.55. The summed E-state index contributed by atoms with van der Waals surface area (Å²) < 4.78 is 1.20. The third-order valence-corrected chi connectivity index (χ3v) is 4.22. The van der Waals surface area contributed by atoms with Gasteiger partial charge in [0.15, 0.2) is 0 Å². The molecular formula is C14H21IO. The zero-order valence-electron chi connectivity index (χ0n) is 10.5. The van der Waals surface area contributed by atoms with Crippen LogP contribution in [0, 0.1) is 15.9 Å². The minimum atomic E-state index is -0.328. The van der Waals surface area contributed by atoms with E-state index in [1.165, 1.54) is 9.13 Å². The highest BCUT2D eigenvalue weighted by atomic mass is 127. The van der Waals surface area contributed by atoms with Crippen LogP contribution < -0.4 is 0 Å². The van der Waals surface area contributed by atoms with E-state index in [1.54, 1.807) is 0 Å². The molecule has 0 aliphatic carbocycles. The predicted octanol–water partition coefficient (Wildman–Crippen LogP) is 4.46. The second-order valence-corrected chi connectivity index (χ2v) is 6.67. The molecule has 1 aromatic rings. The Morgan fingerprint density at radius 2 is 1.94 bits per heavy atom. The summed E-state index contributed by atoms with van der Waals surface area (Å²) in [6.45, 7) is 8.71. The van der Waals surface area contributed by atoms with E-state index in [4.69, 9.17) is 0 Å². The molecule has 1 unspecified atom stereocenters. The minimum absolute atomic E-state index is 0.288. The summed E-state index contributed by atoms with van der Waals surface area (Å²) in [4.78, 5) is 0. The van der Waals surface area contributed by atoms with Gasteiger partial charge >= 0.3 is 0 Å². The van der Waals surface area contributed by atoms with Gasteiger partial charge in [-0.3, -0.25) is 0 Å². The van der Waals surface area contributed by atoms with Gasteiger partial charge in [0.05, 0.1) is 6.10 Å². The Balaban J connectivity index is 2.73. The van der Waals surface area contributed by atoms with E-state index in [1.807, 2.05) is 12.1 Å². The Kier molecular flexibility index (Phi) is 4.80. The lowest BCUT2D eigenvalue weighted by atomic mass is 9.88. The van der Waals surface area contributed by atoms with Crippen LogP contribution in [0.2, 0.25) is 0 Å². The Bertz CT molecular complexity index is 352. The van der Waals surface area contributed by atoms with Crippen molar-refractivity contribution < 1.29 is 5.11 Å². The maximum absolute atomic E-state index is 10.2. The van der Waals surface area contributed by atoms with Gasteiger partial charge in [-0.1, -0.05) is 39.0 Å². The van der Waals surface area contributed by atoms with Gasteiger partial charge in [-0.05, 0) is 58.9 Å². The van der Waals surface area contributed by atoms with Crippen molar-refractivity contribution in [3.63, 3.8) is 0 Å². The molecule has 16 heavy (non-hydrogen) atoms. The van der Waals surface area contributed by atoms with Crippen molar-refractivity contribution in [2.75, 3.05) is 0 Å². The minimum Gasteiger partial charge on any atom is -0.388 e. The van der Waals surface area contributed by atoms with Gasteiger partial charge in [-0.15, -0.1) is 0 Å². The second kappa shape index (κ2) is 5.50. The van der Waals surface area contributed by atoms with E-state index in [0.717, 1.165) is 18.4 Å². The van der Waals surface area contributed by atoms with E-state index in [0.29, 0.717) is 0 Å². The summed E-state index contributed by atoms with van der Waals surface area (Å²) in [6, 6.07) is 6.14. The van der Waals surface area contributed by atoms with Crippen LogP contribution in [0.5, 0.6) is 0 Å². The zero-order chi connectivity index (χ0) is 12.3. The van der Waals surface area contributed by atoms with Crippen molar-refractivity contribution in [3.8, 4) is 0 Å². The fraction of sp³-hybridized carbons (Fsp3) is 0.571. The van der Waals surface area contributed by atoms with Crippen molar-refractivity contribution in [2.45, 2.75) is 46.6 Å². The van der Waals surface area contributed by atoms with Crippen LogP contribution in [-0.2, 0) is 0 Å². The molecule has 0 bridgehead atoms. The first-order chi connectivity index (χ1) is 7.31. The molecule has 1 rings (SSSR count). The molecule has 0 saturated heterocycles. The lowest BCUT2D eigenvalue weighted by Gasteiger charge is -2.21. The second-order valence-electron chi connectivity index (χ2n) is 5.59. The molecule has 1 N–H and O–H groups in total. The molecule has 0 amide bonds. The van der Waals surface area contributed by atoms with Gasteiger partial charge < -0.3 is 5.11 Å². The topological polar surface area (TPSA) is 20.2 Å². The summed E-state index contributed by atoms with van der Waals surface area (Å²) in [5, 5.41) is 10.2. The average molecular weight is 332 g/mol. The molecule has 0 saturated carbocycles. The molecule has 1 nitrogen and oxygen atoms in total. The van der Waals surface area contributed by atoms with Crippen LogP contribution in [-0.4, -0.2) is 5.11 Å². The number of rotatable bonds is 3. The first-order valence-corrected chi connectivity index (χ1v) is 6.82. The number of halogens is 1. The molecule has 0 aliphatic rings. The SMILES string of the molecule is Cc1cccc(C(O)CCC(C)(C)C)c1I. The van der Waals surface area contributed by atoms with Crippen molar-refractivity contribution >= 4 is 22.6 Å². The largest absolute Gasteiger partial charge is 0.388 e. The van der Waals surface area contributed by atoms with Crippen LogP contribution in [0.4, 0.5) is 0 Å². The number of aliphatic hydroxyl groups is 1. The number of aryl methyl sites for hydroxylation is 1. The van der Waals surface area contributed by atoms with E-state index in [2.05, 4.69) is 56.4 Å². The van der Waals surface area contributed by atoms with E-state index >= 15 is 0 Å². The van der Waals surface area contributed by atoms with Crippen LogP contribution in [0.1, 0.15) is 50.8 Å². The molecule has 0 fully saturated rings. The lowest BCUT2D eigenvalue weighted by Crippen LogP contribution is -2.09. The van der Waals surface area contributed by atoms with Crippen LogP contribution in [0.25, 0.3) is 0 Å². The first kappa shape index (κ1) is 14.0. The molecule has 0 aromatic heterocycles. The van der Waals surface area contributed by atoms with Crippen molar-refractivity contribution in [1.82, 2.24) is 0 Å². The average Bonchev–Trinajstić information content (AvgIpc) is 2.17. The van der Waals surface area contributed by atoms with Gasteiger partial charge in [0.1, 0.15) is 0 Å². The normalized spacial score (nSPS) is 13.9. The third-order valence-electron chi connectivity index (χ3n) is 2.75. The van der Waals surface area contributed by atoms with Gasteiger partial charge in [-0.25, -0.2) is 0 Å². The van der Waals surface area contributed by atoms with Gasteiger partial charge in [0, 0.05) is 3.57 Å². The molecule has 0 aliphatic heterocycles. The zero-order valence-corrected chi connectivity index (χ0v) is 12.7. The summed E-state index contributed by atoms with van der Waals surface area (Å²) in [7, 11) is 0. The summed E-state index contributed by atoms with van der Waals surface area (Å²) in [5.41, 5.74) is 2.61. The van der Waals surface area contributed by atoms with Gasteiger partial charge in [0.25, 0.3) is 0 Å². The number of benzene rings is 1. The van der Waals surface area contributed by atoms with Crippen molar-refractivity contribution in [1.29, 1.82) is 0 Å². The van der Waals surface area contributed by atoms with Crippen molar-refractivity contribution in [2.24, 2.45) is 5.41 Å². The number of hydrogen-bond acceptors (Lipinski definition) is 1. The van der Waals surface area contributed by atoms with Crippen LogP contribution in [0.3, 0.4) is 0 Å². The van der Waals surface area contributed by atoms with Gasteiger partial charge in [0.2, 0.25) is 0 Å². The summed E-state index contributed by atoms with van der Waals surface area (Å²) in [5.74, 6) is 0. The molecular weight excluding hydrogens is 311 g/mol. The predicted molar refractivity (Wildman–Crippen MR) is 77.5 cm³/mol. The molecule has 1 aromatic carbocycles. The van der Waals surface area contributed by atoms with Gasteiger partial charge in [-0.2, -0.15) is 0 Å². The fourth-order valence-corrected chi connectivity index (χ4v) is 2.37. The summed E-state index contributed by atoms with van der Waals surface area (Å²) >= 11 is 2.32. The number of hydrogen-bond donors (Lipinski definition) is 1. The molecule has 0 spiro atoms. The fourth-order valence-electron chi connectivity index (χ4n) is 1.65. The standard InChI is InChI=1S/C14H21IO/c1-10-6-5-7-11(13(10)15)12(16)8-9-14(2,3)4/h5-7,12,16H,8-9H2,1-4H3. The highest BCUT2D eigenvalue weighted by Crippen LogP contribution is 2.30. The third kappa shape index (κ3) is 4.06. The molecule has 0 radical (unpaired) electrons. The number of aliphatic hydroxyl groups excluding tert-OH is 1. The van der Waals surface area contributed by atoms with Crippen LogP contribution in [0.15, 0.2) is 18.2 Å². The maximum atomic E-state index is 10.2. The van der Waals surface area contributed by atoms with Crippen molar-refractivity contribution in [3.05, 3.63) is 32.9 Å².